The number of carbonyl (C=O) groups is 2. The maximum atomic E-state index is 12.0. The summed E-state index contributed by atoms with van der Waals surface area (Å²) in [6, 6.07) is 12.6. The van der Waals surface area contributed by atoms with Gasteiger partial charge in [-0.2, -0.15) is 0 Å². The molecule has 0 bridgehead atoms. The van der Waals surface area contributed by atoms with Gasteiger partial charge in [0.2, 0.25) is 0 Å². The maximum absolute atomic E-state index is 12.0. The highest BCUT2D eigenvalue weighted by Gasteiger charge is 2.18. The number of amides is 1. The molecule has 1 heterocycles. The predicted octanol–water partition coefficient (Wildman–Crippen LogP) is 2.83. The summed E-state index contributed by atoms with van der Waals surface area (Å²) in [5.41, 5.74) is 1.31. The molecule has 0 aliphatic heterocycles. The number of nitrogens with one attached hydrogen (secondary N) is 1. The van der Waals surface area contributed by atoms with E-state index >= 15 is 0 Å². The quantitative estimate of drug-likeness (QED) is 0.548. The monoisotopic (exact) mass is 411 g/mol. The number of ether oxygens (including phenoxy) is 2. The minimum Gasteiger partial charge on any atom is -0.497 e. The highest BCUT2D eigenvalue weighted by molar-refractivity contribution is 5.94. The Hall–Kier alpha value is -3.81. The van der Waals surface area contributed by atoms with Crippen molar-refractivity contribution in [1.29, 1.82) is 0 Å². The second kappa shape index (κ2) is 9.13. The molecule has 2 N–H and O–H groups in total. The minimum atomic E-state index is -1.11. The van der Waals surface area contributed by atoms with Crippen molar-refractivity contribution >= 4 is 22.8 Å². The third-order valence-corrected chi connectivity index (χ3v) is 4.53. The van der Waals surface area contributed by atoms with E-state index < -0.39 is 23.5 Å². The lowest BCUT2D eigenvalue weighted by Crippen LogP contribution is -2.42. The third kappa shape index (κ3) is 4.78. The van der Waals surface area contributed by atoms with E-state index in [1.807, 2.05) is 12.1 Å². The van der Waals surface area contributed by atoms with Gasteiger partial charge < -0.3 is 24.3 Å². The van der Waals surface area contributed by atoms with Crippen molar-refractivity contribution in [1.82, 2.24) is 5.32 Å². The first-order valence-corrected chi connectivity index (χ1v) is 9.28. The molecule has 3 aromatic rings. The van der Waals surface area contributed by atoms with Crippen molar-refractivity contribution in [2.45, 2.75) is 19.4 Å². The molecular formula is C22H21NO7. The summed E-state index contributed by atoms with van der Waals surface area (Å²) in [5, 5.41) is 12.1. The van der Waals surface area contributed by atoms with Gasteiger partial charge in [0.1, 0.15) is 23.1 Å². The fourth-order valence-electron chi connectivity index (χ4n) is 2.97. The van der Waals surface area contributed by atoms with E-state index in [1.54, 1.807) is 38.3 Å². The zero-order valence-electron chi connectivity index (χ0n) is 16.5. The predicted molar refractivity (Wildman–Crippen MR) is 110 cm³/mol. The summed E-state index contributed by atoms with van der Waals surface area (Å²) in [6.45, 7) is 1.30. The molecule has 0 fully saturated rings. The zero-order valence-corrected chi connectivity index (χ0v) is 16.5. The lowest BCUT2D eigenvalue weighted by molar-refractivity contribution is -0.142. The Bertz CT molecular complexity index is 1120. The van der Waals surface area contributed by atoms with Gasteiger partial charge in [0.15, 0.2) is 6.61 Å². The Morgan fingerprint density at radius 2 is 1.80 bits per heavy atom. The molecule has 156 valence electrons. The summed E-state index contributed by atoms with van der Waals surface area (Å²) in [7, 11) is 1.58. The molecule has 0 radical (unpaired) electrons. The smallest absolute Gasteiger partial charge is 0.336 e. The summed E-state index contributed by atoms with van der Waals surface area (Å²) < 4.78 is 15.9. The van der Waals surface area contributed by atoms with Crippen molar-refractivity contribution < 1.29 is 28.6 Å². The molecule has 0 aliphatic carbocycles. The van der Waals surface area contributed by atoms with Crippen LogP contribution < -0.4 is 20.4 Å². The number of hydrogen-bond donors (Lipinski definition) is 2. The van der Waals surface area contributed by atoms with Gasteiger partial charge in [0, 0.05) is 17.5 Å². The molecule has 8 nitrogen and oxygen atoms in total. The minimum absolute atomic E-state index is 0.260. The van der Waals surface area contributed by atoms with Crippen LogP contribution in [0.2, 0.25) is 0 Å². The fraction of sp³-hybridized carbons (Fsp3) is 0.227. The van der Waals surface area contributed by atoms with Crippen LogP contribution in [0.3, 0.4) is 0 Å². The highest BCUT2D eigenvalue weighted by Crippen LogP contribution is 2.30. The molecule has 0 unspecified atom stereocenters. The second-order valence-corrected chi connectivity index (χ2v) is 6.52. The number of fused-ring (bicyclic) bond motifs is 1. The molecule has 1 atom stereocenters. The van der Waals surface area contributed by atoms with Crippen molar-refractivity contribution in [3.05, 3.63) is 59.0 Å². The van der Waals surface area contributed by atoms with Crippen LogP contribution in [0.1, 0.15) is 13.3 Å². The van der Waals surface area contributed by atoms with E-state index in [4.69, 9.17) is 19.0 Å². The van der Waals surface area contributed by atoms with Crippen LogP contribution in [0.4, 0.5) is 0 Å². The van der Waals surface area contributed by atoms with Gasteiger partial charge in [-0.1, -0.05) is 19.1 Å². The van der Waals surface area contributed by atoms with Crippen molar-refractivity contribution in [3.63, 3.8) is 0 Å². The molecule has 1 amide bonds. The number of carboxylic acids is 1. The Morgan fingerprint density at radius 3 is 2.43 bits per heavy atom. The molecule has 0 spiro atoms. The number of methoxy groups -OCH3 is 1. The molecular weight excluding hydrogens is 390 g/mol. The molecule has 0 saturated heterocycles. The zero-order chi connectivity index (χ0) is 21.7. The Balaban J connectivity index is 1.82. The van der Waals surface area contributed by atoms with Crippen LogP contribution in [-0.2, 0) is 9.59 Å². The first-order valence-electron chi connectivity index (χ1n) is 9.28. The van der Waals surface area contributed by atoms with Crippen LogP contribution in [0.15, 0.2) is 57.7 Å². The van der Waals surface area contributed by atoms with E-state index in [2.05, 4.69) is 5.32 Å². The molecule has 0 saturated carbocycles. The lowest BCUT2D eigenvalue weighted by atomic mass is 10.0. The van der Waals surface area contributed by atoms with E-state index in [0.29, 0.717) is 28.0 Å². The highest BCUT2D eigenvalue weighted by atomic mass is 16.5. The van der Waals surface area contributed by atoms with Crippen LogP contribution in [0.25, 0.3) is 22.1 Å². The molecule has 30 heavy (non-hydrogen) atoms. The van der Waals surface area contributed by atoms with E-state index in [0.717, 1.165) is 5.56 Å². The number of hydrogen-bond acceptors (Lipinski definition) is 6. The maximum Gasteiger partial charge on any atom is 0.336 e. The molecule has 0 aliphatic rings. The van der Waals surface area contributed by atoms with Gasteiger partial charge in [0.05, 0.1) is 7.11 Å². The molecule has 1 aromatic heterocycles. The van der Waals surface area contributed by atoms with Gasteiger partial charge in [-0.25, -0.2) is 9.59 Å². The normalized spacial score (nSPS) is 11.7. The Kier molecular flexibility index (Phi) is 6.36. The van der Waals surface area contributed by atoms with Gasteiger partial charge in [-0.15, -0.1) is 0 Å². The average molecular weight is 411 g/mol. The van der Waals surface area contributed by atoms with Crippen LogP contribution in [0.5, 0.6) is 11.5 Å². The third-order valence-electron chi connectivity index (χ3n) is 4.53. The molecule has 2 aromatic carbocycles. The van der Waals surface area contributed by atoms with Crippen molar-refractivity contribution in [2.75, 3.05) is 13.7 Å². The SMILES string of the molecule is CC[C@H](NC(=O)COc1ccc2c(-c3ccc(OC)cc3)cc(=O)oc2c1)C(=O)O. The number of rotatable bonds is 8. The van der Waals surface area contributed by atoms with Crippen molar-refractivity contribution in [2.24, 2.45) is 0 Å². The largest absolute Gasteiger partial charge is 0.497 e. The van der Waals surface area contributed by atoms with Crippen LogP contribution >= 0.6 is 0 Å². The summed E-state index contributed by atoms with van der Waals surface area (Å²) in [4.78, 5) is 35.0. The number of carboxylic acid groups (broad SMARTS) is 1. The number of carbonyl (C=O) groups excluding carboxylic acids is 1. The summed E-state index contributed by atoms with van der Waals surface area (Å²) >= 11 is 0. The standard InChI is InChI=1S/C22H21NO7/c1-3-18(22(26)27)23-20(24)12-29-15-8-9-16-17(11-21(25)30-19(16)10-15)13-4-6-14(28-2)7-5-13/h4-11,18H,3,12H2,1-2H3,(H,23,24)(H,26,27)/t18-/m0/s1. The topological polar surface area (TPSA) is 115 Å². The summed E-state index contributed by atoms with van der Waals surface area (Å²) in [6.07, 6.45) is 0.260. The van der Waals surface area contributed by atoms with E-state index in [1.165, 1.54) is 12.1 Å². The Labute approximate surface area is 172 Å². The van der Waals surface area contributed by atoms with Crippen molar-refractivity contribution in [3.8, 4) is 22.6 Å². The molecule has 8 heteroatoms. The lowest BCUT2D eigenvalue weighted by Gasteiger charge is -2.13. The first-order chi connectivity index (χ1) is 14.4. The van der Waals surface area contributed by atoms with Gasteiger partial charge >= 0.3 is 11.6 Å². The number of benzene rings is 2. The van der Waals surface area contributed by atoms with Gasteiger partial charge in [0.25, 0.3) is 5.91 Å². The van der Waals surface area contributed by atoms with E-state index in [9.17, 15) is 14.4 Å². The van der Waals surface area contributed by atoms with Crippen LogP contribution in [0, 0.1) is 0 Å². The first kappa shape index (κ1) is 20.9. The van der Waals surface area contributed by atoms with Gasteiger partial charge in [-0.3, -0.25) is 4.79 Å². The average Bonchev–Trinajstić information content (AvgIpc) is 2.75. The van der Waals surface area contributed by atoms with E-state index in [-0.39, 0.29) is 13.0 Å². The molecule has 3 rings (SSSR count). The summed E-state index contributed by atoms with van der Waals surface area (Å²) in [5.74, 6) is -0.647. The van der Waals surface area contributed by atoms with Gasteiger partial charge in [-0.05, 0) is 41.8 Å². The second-order valence-electron chi connectivity index (χ2n) is 6.52. The fourth-order valence-corrected chi connectivity index (χ4v) is 2.97. The van der Waals surface area contributed by atoms with Crippen LogP contribution in [-0.4, -0.2) is 36.7 Å². The Morgan fingerprint density at radius 1 is 1.10 bits per heavy atom. The number of aliphatic carboxylic acids is 1.